The van der Waals surface area contributed by atoms with Crippen molar-refractivity contribution in [2.75, 3.05) is 11.9 Å². The fraction of sp³-hybridized carbons (Fsp3) is 0.174. The summed E-state index contributed by atoms with van der Waals surface area (Å²) in [5.41, 5.74) is 0.483. The molecule has 0 saturated heterocycles. The Kier molecular flexibility index (Phi) is 8.94. The molecular weight excluding hydrogens is 527 g/mol. The van der Waals surface area contributed by atoms with Crippen molar-refractivity contribution < 1.29 is 31.9 Å². The highest BCUT2D eigenvalue weighted by atomic mass is 35.5. The lowest BCUT2D eigenvalue weighted by Crippen LogP contribution is -2.37. The topological polar surface area (TPSA) is 92.2 Å². The van der Waals surface area contributed by atoms with Crippen LogP contribution in [0.25, 0.3) is 0 Å². The first-order valence-corrected chi connectivity index (χ1v) is 11.0. The van der Waals surface area contributed by atoms with Gasteiger partial charge in [-0.1, -0.05) is 23.2 Å². The van der Waals surface area contributed by atoms with Crippen LogP contribution in [0.5, 0.6) is 0 Å². The number of nitrogens with one attached hydrogen (secondary N) is 3. The summed E-state index contributed by atoms with van der Waals surface area (Å²) in [4.78, 5) is 36.3. The SMILES string of the molecule is Fc1ccc(Cl)cc1.O=C1Cn2c(C(=O)NCC(F)F)cc(NC(=O)c3cc(F)cc(Cl)c3)c2CN1. The summed E-state index contributed by atoms with van der Waals surface area (Å²) in [7, 11) is 0. The molecule has 3 amide bonds. The number of benzene rings is 2. The minimum atomic E-state index is -2.74. The molecule has 190 valence electrons. The van der Waals surface area contributed by atoms with Crippen LogP contribution in [0, 0.1) is 11.6 Å². The maximum atomic E-state index is 13.5. The number of anilines is 1. The van der Waals surface area contributed by atoms with Crippen LogP contribution >= 0.6 is 23.2 Å². The molecule has 0 atom stereocenters. The normalized spacial score (nSPS) is 12.2. The lowest BCUT2D eigenvalue weighted by molar-refractivity contribution is -0.122. The number of alkyl halides is 2. The van der Waals surface area contributed by atoms with Gasteiger partial charge in [0.1, 0.15) is 23.9 Å². The van der Waals surface area contributed by atoms with Gasteiger partial charge in [-0.05, 0) is 48.5 Å². The Balaban J connectivity index is 0.000000383. The van der Waals surface area contributed by atoms with Gasteiger partial charge in [0, 0.05) is 15.6 Å². The summed E-state index contributed by atoms with van der Waals surface area (Å²) < 4.78 is 51.5. The molecule has 0 aliphatic carbocycles. The molecule has 4 rings (SSSR count). The molecule has 13 heteroatoms. The average molecular weight is 545 g/mol. The van der Waals surface area contributed by atoms with Gasteiger partial charge >= 0.3 is 0 Å². The second-order valence-corrected chi connectivity index (χ2v) is 8.28. The summed E-state index contributed by atoms with van der Waals surface area (Å²) >= 11 is 11.2. The lowest BCUT2D eigenvalue weighted by Gasteiger charge is -2.19. The number of hydrogen-bond donors (Lipinski definition) is 3. The van der Waals surface area contributed by atoms with Crippen molar-refractivity contribution in [1.29, 1.82) is 0 Å². The first-order chi connectivity index (χ1) is 17.0. The van der Waals surface area contributed by atoms with Crippen molar-refractivity contribution >= 4 is 46.6 Å². The van der Waals surface area contributed by atoms with Gasteiger partial charge in [-0.25, -0.2) is 17.6 Å². The Morgan fingerprint density at radius 2 is 1.67 bits per heavy atom. The average Bonchev–Trinajstić information content (AvgIpc) is 3.16. The van der Waals surface area contributed by atoms with Crippen LogP contribution in [0.15, 0.2) is 48.5 Å². The minimum absolute atomic E-state index is 0.0144. The molecule has 1 aromatic heterocycles. The third-order valence-electron chi connectivity index (χ3n) is 4.79. The Hall–Kier alpha value is -3.57. The van der Waals surface area contributed by atoms with Crippen LogP contribution in [0.3, 0.4) is 0 Å². The van der Waals surface area contributed by atoms with Gasteiger partial charge in [-0.3, -0.25) is 14.4 Å². The van der Waals surface area contributed by atoms with E-state index in [9.17, 15) is 31.9 Å². The smallest absolute Gasteiger partial charge is 0.268 e. The molecule has 0 spiro atoms. The number of hydrogen-bond acceptors (Lipinski definition) is 3. The van der Waals surface area contributed by atoms with Crippen LogP contribution in [0.2, 0.25) is 10.0 Å². The number of halogens is 6. The van der Waals surface area contributed by atoms with E-state index in [1.54, 1.807) is 0 Å². The van der Waals surface area contributed by atoms with Crippen molar-refractivity contribution in [2.24, 2.45) is 0 Å². The van der Waals surface area contributed by atoms with E-state index in [4.69, 9.17) is 23.2 Å². The van der Waals surface area contributed by atoms with Gasteiger partial charge in [0.25, 0.3) is 18.2 Å². The largest absolute Gasteiger partial charge is 0.349 e. The van der Waals surface area contributed by atoms with E-state index in [-0.39, 0.29) is 46.8 Å². The number of fused-ring (bicyclic) bond motifs is 1. The molecule has 2 heterocycles. The fourth-order valence-corrected chi connectivity index (χ4v) is 3.56. The molecule has 3 aromatic rings. The summed E-state index contributed by atoms with van der Waals surface area (Å²) in [6.07, 6.45) is -2.74. The van der Waals surface area contributed by atoms with Gasteiger partial charge < -0.3 is 20.5 Å². The van der Waals surface area contributed by atoms with Gasteiger partial charge in [0.15, 0.2) is 0 Å². The zero-order chi connectivity index (χ0) is 26.4. The summed E-state index contributed by atoms with van der Waals surface area (Å²) in [6.45, 7) is -1.05. The predicted molar refractivity (Wildman–Crippen MR) is 125 cm³/mol. The molecule has 0 radical (unpaired) electrons. The van der Waals surface area contributed by atoms with E-state index in [1.165, 1.54) is 41.0 Å². The number of carbonyl (C=O) groups excluding carboxylic acids is 3. The van der Waals surface area contributed by atoms with Crippen molar-refractivity contribution in [3.63, 3.8) is 0 Å². The van der Waals surface area contributed by atoms with Crippen LogP contribution in [-0.2, 0) is 17.9 Å². The van der Waals surface area contributed by atoms with Gasteiger partial charge in [-0.15, -0.1) is 0 Å². The highest BCUT2D eigenvalue weighted by molar-refractivity contribution is 6.31. The van der Waals surface area contributed by atoms with E-state index < -0.39 is 30.6 Å². The molecule has 0 fully saturated rings. The molecule has 0 saturated carbocycles. The molecule has 0 bridgehead atoms. The Labute approximate surface area is 212 Å². The maximum Gasteiger partial charge on any atom is 0.268 e. The fourth-order valence-electron chi connectivity index (χ4n) is 3.21. The van der Waals surface area contributed by atoms with E-state index in [2.05, 4.69) is 16.0 Å². The van der Waals surface area contributed by atoms with Crippen molar-refractivity contribution in [3.8, 4) is 0 Å². The second-order valence-electron chi connectivity index (χ2n) is 7.40. The molecule has 2 aromatic carbocycles. The Morgan fingerprint density at radius 1 is 0.972 bits per heavy atom. The summed E-state index contributed by atoms with van der Waals surface area (Å²) in [5, 5.41) is 7.75. The Bertz CT molecular complexity index is 1240. The van der Waals surface area contributed by atoms with E-state index >= 15 is 0 Å². The van der Waals surface area contributed by atoms with Gasteiger partial charge in [0.2, 0.25) is 5.91 Å². The molecule has 36 heavy (non-hydrogen) atoms. The first-order valence-electron chi connectivity index (χ1n) is 10.3. The Morgan fingerprint density at radius 3 is 2.28 bits per heavy atom. The van der Waals surface area contributed by atoms with E-state index in [0.29, 0.717) is 10.7 Å². The highest BCUT2D eigenvalue weighted by Crippen LogP contribution is 2.25. The third-order valence-corrected chi connectivity index (χ3v) is 5.26. The number of nitrogens with zero attached hydrogens (tertiary/aromatic N) is 1. The maximum absolute atomic E-state index is 13.5. The van der Waals surface area contributed by atoms with E-state index in [0.717, 1.165) is 12.1 Å². The predicted octanol–water partition coefficient (Wildman–Crippen LogP) is 4.64. The summed E-state index contributed by atoms with van der Waals surface area (Å²) in [5.74, 6) is -2.83. The monoisotopic (exact) mass is 544 g/mol. The van der Waals surface area contributed by atoms with Crippen LogP contribution in [0.4, 0.5) is 23.2 Å². The number of carbonyl (C=O) groups is 3. The van der Waals surface area contributed by atoms with Crippen LogP contribution < -0.4 is 16.0 Å². The number of rotatable bonds is 5. The first kappa shape index (κ1) is 27.0. The molecule has 1 aliphatic heterocycles. The molecule has 3 N–H and O–H groups in total. The number of aromatic nitrogens is 1. The van der Waals surface area contributed by atoms with Crippen molar-refractivity contribution in [2.45, 2.75) is 19.5 Å². The highest BCUT2D eigenvalue weighted by Gasteiger charge is 2.26. The molecule has 1 aliphatic rings. The molecule has 0 unspecified atom stereocenters. The third kappa shape index (κ3) is 7.22. The van der Waals surface area contributed by atoms with Gasteiger partial charge in [0.05, 0.1) is 24.5 Å². The van der Waals surface area contributed by atoms with Crippen LogP contribution in [0.1, 0.15) is 26.5 Å². The minimum Gasteiger partial charge on any atom is -0.349 e. The molecular formula is C23H18Cl2F4N4O3. The zero-order valence-electron chi connectivity index (χ0n) is 18.3. The summed E-state index contributed by atoms with van der Waals surface area (Å²) in [6, 6.07) is 10.2. The second kappa shape index (κ2) is 11.9. The van der Waals surface area contributed by atoms with Crippen molar-refractivity contribution in [1.82, 2.24) is 15.2 Å². The van der Waals surface area contributed by atoms with E-state index in [1.807, 2.05) is 0 Å². The lowest BCUT2D eigenvalue weighted by atomic mass is 10.2. The quantitative estimate of drug-likeness (QED) is 0.409. The molecule has 7 nitrogen and oxygen atoms in total. The van der Waals surface area contributed by atoms with Crippen LogP contribution in [-0.4, -0.2) is 35.3 Å². The van der Waals surface area contributed by atoms with Gasteiger partial charge in [-0.2, -0.15) is 0 Å². The van der Waals surface area contributed by atoms with Crippen molar-refractivity contribution in [3.05, 3.63) is 87.2 Å². The zero-order valence-corrected chi connectivity index (χ0v) is 19.8. The standard InChI is InChI=1S/C17H14ClF3N4O3.C6H4ClF/c18-9-1-8(2-10(19)3-9)16(27)24-11-4-12(17(28)23-6-14(20)21)25-7-15(26)22-5-13(11)25;7-5-1-3-6(8)4-2-5/h1-4,14H,5-7H2,(H,22,26)(H,23,28)(H,24,27);1-4H. The number of amides is 3.